The molecule has 0 saturated carbocycles. The minimum atomic E-state index is -4.46. The molecule has 0 unspecified atom stereocenters. The Bertz CT molecular complexity index is 847. The lowest BCUT2D eigenvalue weighted by Crippen LogP contribution is -2.57. The van der Waals surface area contributed by atoms with E-state index in [9.17, 15) is 18.0 Å². The quantitative estimate of drug-likeness (QED) is 0.863. The number of hydrogen-bond donors (Lipinski definition) is 1. The number of nitrogens with zero attached hydrogens (tertiary/aromatic N) is 2. The summed E-state index contributed by atoms with van der Waals surface area (Å²) in [7, 11) is 0. The minimum absolute atomic E-state index is 0.150. The van der Waals surface area contributed by atoms with Gasteiger partial charge in [-0.1, -0.05) is 0 Å². The molecule has 4 heterocycles. The summed E-state index contributed by atoms with van der Waals surface area (Å²) in [5.74, 6) is 0.538. The zero-order valence-corrected chi connectivity index (χ0v) is 15.1. The first-order valence-electron chi connectivity index (χ1n) is 9.23. The molecule has 1 N–H and O–H groups in total. The summed E-state index contributed by atoms with van der Waals surface area (Å²) >= 11 is 0. The Labute approximate surface area is 160 Å². The Kier molecular flexibility index (Phi) is 4.97. The van der Waals surface area contributed by atoms with Gasteiger partial charge in [0.1, 0.15) is 5.75 Å². The average molecular weight is 391 g/mol. The molecule has 1 atom stereocenters. The highest BCUT2D eigenvalue weighted by atomic mass is 19.4. The van der Waals surface area contributed by atoms with Crippen molar-refractivity contribution in [1.82, 2.24) is 15.2 Å². The third kappa shape index (κ3) is 4.11. The zero-order valence-electron chi connectivity index (χ0n) is 15.1. The van der Waals surface area contributed by atoms with Crippen molar-refractivity contribution in [2.24, 2.45) is 5.92 Å². The number of benzene rings is 1. The first-order chi connectivity index (χ1) is 13.4. The largest absolute Gasteiger partial charge is 0.439 e. The number of aromatic nitrogens is 1. The van der Waals surface area contributed by atoms with Crippen LogP contribution in [0.25, 0.3) is 0 Å². The predicted octanol–water partition coefficient (Wildman–Crippen LogP) is 3.72. The molecule has 0 spiro atoms. The molecular formula is C20H20F3N3O2. The summed E-state index contributed by atoms with van der Waals surface area (Å²) in [6.45, 7) is 3.10. The molecule has 0 aliphatic carbocycles. The number of halogens is 3. The molecule has 148 valence electrons. The van der Waals surface area contributed by atoms with Gasteiger partial charge in [-0.2, -0.15) is 13.2 Å². The summed E-state index contributed by atoms with van der Waals surface area (Å²) in [6, 6.07) is 8.18. The number of carbonyl (C=O) groups excluding carboxylic acids is 1. The molecule has 5 rings (SSSR count). The van der Waals surface area contributed by atoms with E-state index < -0.39 is 11.7 Å². The van der Waals surface area contributed by atoms with E-state index in [2.05, 4.69) is 15.2 Å². The Morgan fingerprint density at radius 3 is 2.46 bits per heavy atom. The number of alkyl halides is 3. The summed E-state index contributed by atoms with van der Waals surface area (Å²) < 4.78 is 43.7. The van der Waals surface area contributed by atoms with Crippen LogP contribution in [-0.4, -0.2) is 41.5 Å². The maximum Gasteiger partial charge on any atom is 0.416 e. The van der Waals surface area contributed by atoms with Crippen molar-refractivity contribution in [3.8, 4) is 11.6 Å². The molecule has 1 aromatic carbocycles. The lowest BCUT2D eigenvalue weighted by Gasteiger charge is -2.44. The summed E-state index contributed by atoms with van der Waals surface area (Å²) in [4.78, 5) is 18.7. The van der Waals surface area contributed by atoms with Gasteiger partial charge in [-0.25, -0.2) is 4.98 Å². The van der Waals surface area contributed by atoms with Gasteiger partial charge in [-0.3, -0.25) is 4.79 Å². The van der Waals surface area contributed by atoms with E-state index in [0.717, 1.165) is 50.8 Å². The zero-order chi connectivity index (χ0) is 19.7. The van der Waals surface area contributed by atoms with E-state index >= 15 is 0 Å². The second-order valence-electron chi connectivity index (χ2n) is 7.22. The molecule has 5 nitrogen and oxygen atoms in total. The monoisotopic (exact) mass is 391 g/mol. The van der Waals surface area contributed by atoms with Crippen LogP contribution in [0.2, 0.25) is 0 Å². The predicted molar refractivity (Wildman–Crippen MR) is 96.2 cm³/mol. The van der Waals surface area contributed by atoms with Gasteiger partial charge in [-0.05, 0) is 62.2 Å². The molecule has 1 aromatic heterocycles. The number of piperidine rings is 3. The Hall–Kier alpha value is -2.61. The topological polar surface area (TPSA) is 54.5 Å². The van der Waals surface area contributed by atoms with E-state index in [1.54, 1.807) is 24.3 Å². The van der Waals surface area contributed by atoms with Crippen molar-refractivity contribution >= 4 is 5.91 Å². The van der Waals surface area contributed by atoms with Gasteiger partial charge >= 0.3 is 6.18 Å². The van der Waals surface area contributed by atoms with E-state index in [-0.39, 0.29) is 17.8 Å². The Morgan fingerprint density at radius 1 is 1.14 bits per heavy atom. The lowest BCUT2D eigenvalue weighted by molar-refractivity contribution is -0.137. The summed E-state index contributed by atoms with van der Waals surface area (Å²) in [6.07, 6.45) is -1.19. The lowest BCUT2D eigenvalue weighted by atomic mass is 9.84. The number of ether oxygens (including phenoxy) is 1. The fraction of sp³-hybridized carbons (Fsp3) is 0.400. The normalized spacial score (nSPS) is 24.0. The maximum atomic E-state index is 12.8. The van der Waals surface area contributed by atoms with Crippen LogP contribution in [0.5, 0.6) is 11.6 Å². The van der Waals surface area contributed by atoms with E-state index in [0.29, 0.717) is 17.2 Å². The molecule has 1 amide bonds. The SMILES string of the molecule is O=C(N[C@H]1CN2CCC1CC2)c1ccc(Oc2cc(C(F)(F)F)ccn2)cc1. The maximum absolute atomic E-state index is 12.8. The van der Waals surface area contributed by atoms with Gasteiger partial charge in [0.25, 0.3) is 5.91 Å². The number of carbonyl (C=O) groups is 1. The third-order valence-electron chi connectivity index (χ3n) is 5.37. The standard InChI is InChI=1S/C20H20F3N3O2/c21-20(22,23)15-5-8-24-18(11-15)28-16-3-1-14(2-4-16)19(27)25-17-12-26-9-6-13(17)7-10-26/h1-5,8,11,13,17H,6-7,9-10,12H2,(H,25,27)/t17-/m0/s1. The average Bonchev–Trinajstić information content (AvgIpc) is 2.69. The van der Waals surface area contributed by atoms with Gasteiger partial charge in [0.05, 0.1) is 5.56 Å². The van der Waals surface area contributed by atoms with Crippen LogP contribution in [-0.2, 0) is 6.18 Å². The molecule has 2 bridgehead atoms. The molecule has 0 radical (unpaired) electrons. The van der Waals surface area contributed by atoms with E-state index in [1.165, 1.54) is 0 Å². The number of pyridine rings is 1. The van der Waals surface area contributed by atoms with Crippen molar-refractivity contribution < 1.29 is 22.7 Å². The Morgan fingerprint density at radius 2 is 1.86 bits per heavy atom. The molecule has 3 saturated heterocycles. The van der Waals surface area contributed by atoms with E-state index in [4.69, 9.17) is 4.74 Å². The van der Waals surface area contributed by atoms with Crippen molar-refractivity contribution in [3.05, 3.63) is 53.7 Å². The highest BCUT2D eigenvalue weighted by Gasteiger charge is 2.35. The van der Waals surface area contributed by atoms with Crippen LogP contribution in [0.15, 0.2) is 42.6 Å². The summed E-state index contributed by atoms with van der Waals surface area (Å²) in [5, 5.41) is 3.10. The molecule has 8 heteroatoms. The van der Waals surface area contributed by atoms with E-state index in [1.807, 2.05) is 0 Å². The minimum Gasteiger partial charge on any atom is -0.439 e. The smallest absolute Gasteiger partial charge is 0.416 e. The second kappa shape index (κ2) is 7.43. The van der Waals surface area contributed by atoms with Crippen molar-refractivity contribution in [1.29, 1.82) is 0 Å². The molecule has 3 aliphatic rings. The van der Waals surface area contributed by atoms with Crippen LogP contribution >= 0.6 is 0 Å². The van der Waals surface area contributed by atoms with Gasteiger partial charge in [0.2, 0.25) is 5.88 Å². The first-order valence-corrected chi connectivity index (χ1v) is 9.23. The fourth-order valence-corrected chi connectivity index (χ4v) is 3.82. The molecule has 3 fully saturated rings. The molecule has 2 aromatic rings. The molecule has 3 aliphatic heterocycles. The summed E-state index contributed by atoms with van der Waals surface area (Å²) in [5.41, 5.74) is -0.341. The van der Waals surface area contributed by atoms with Crippen LogP contribution < -0.4 is 10.1 Å². The molecular weight excluding hydrogens is 371 g/mol. The van der Waals surface area contributed by atoms with Gasteiger partial charge in [0.15, 0.2) is 0 Å². The second-order valence-corrected chi connectivity index (χ2v) is 7.22. The highest BCUT2D eigenvalue weighted by molar-refractivity contribution is 5.94. The van der Waals surface area contributed by atoms with Crippen LogP contribution in [0, 0.1) is 5.92 Å². The van der Waals surface area contributed by atoms with Crippen LogP contribution in [0.4, 0.5) is 13.2 Å². The fourth-order valence-electron chi connectivity index (χ4n) is 3.82. The Balaban J connectivity index is 1.39. The number of hydrogen-bond acceptors (Lipinski definition) is 4. The van der Waals surface area contributed by atoms with Crippen molar-refractivity contribution in [2.45, 2.75) is 25.1 Å². The molecule has 28 heavy (non-hydrogen) atoms. The van der Waals surface area contributed by atoms with Crippen LogP contribution in [0.1, 0.15) is 28.8 Å². The number of amides is 1. The highest BCUT2D eigenvalue weighted by Crippen LogP contribution is 2.32. The van der Waals surface area contributed by atoms with Gasteiger partial charge < -0.3 is 15.0 Å². The van der Waals surface area contributed by atoms with Crippen molar-refractivity contribution in [2.75, 3.05) is 19.6 Å². The number of nitrogens with one attached hydrogen (secondary N) is 1. The van der Waals surface area contributed by atoms with Gasteiger partial charge in [-0.15, -0.1) is 0 Å². The number of fused-ring (bicyclic) bond motifs is 3. The van der Waals surface area contributed by atoms with Crippen LogP contribution in [0.3, 0.4) is 0 Å². The number of rotatable bonds is 4. The van der Waals surface area contributed by atoms with Crippen molar-refractivity contribution in [3.63, 3.8) is 0 Å². The first kappa shape index (κ1) is 18.7. The van der Waals surface area contributed by atoms with Gasteiger partial charge in [0, 0.05) is 30.4 Å². The third-order valence-corrected chi connectivity index (χ3v) is 5.37.